The number of ether oxygens (including phenoxy) is 1. The van der Waals surface area contributed by atoms with Gasteiger partial charge in [-0.1, -0.05) is 17.2 Å². The van der Waals surface area contributed by atoms with Crippen molar-refractivity contribution in [1.82, 2.24) is 0 Å². The second kappa shape index (κ2) is 5.09. The fraction of sp³-hybridized carbons (Fsp3) is 0.167. The monoisotopic (exact) mass is 280 g/mol. The molecule has 0 amide bonds. The van der Waals surface area contributed by atoms with Gasteiger partial charge in [0.15, 0.2) is 5.76 Å². The number of aryl methyl sites for hydroxylation is 2. The molecule has 0 fully saturated rings. The smallest absolute Gasteiger partial charge is 0.228 e. The van der Waals surface area contributed by atoms with Crippen molar-refractivity contribution >= 4 is 16.8 Å². The fourth-order valence-corrected chi connectivity index (χ4v) is 2.50. The van der Waals surface area contributed by atoms with Gasteiger partial charge in [0.05, 0.1) is 7.11 Å². The van der Waals surface area contributed by atoms with E-state index in [1.54, 1.807) is 19.2 Å². The molecule has 3 nitrogen and oxygen atoms in total. The molecule has 0 atom stereocenters. The Kier molecular flexibility index (Phi) is 3.26. The Labute approximate surface area is 123 Å². The van der Waals surface area contributed by atoms with Crippen LogP contribution in [0.15, 0.2) is 46.9 Å². The second-order valence-corrected chi connectivity index (χ2v) is 5.22. The molecule has 0 aliphatic heterocycles. The first-order chi connectivity index (χ1) is 10.1. The third-order valence-electron chi connectivity index (χ3n) is 3.43. The first kappa shape index (κ1) is 13.4. The van der Waals surface area contributed by atoms with E-state index in [0.717, 1.165) is 16.5 Å². The van der Waals surface area contributed by atoms with E-state index in [4.69, 9.17) is 9.15 Å². The Balaban J connectivity index is 2.04. The van der Waals surface area contributed by atoms with Gasteiger partial charge < -0.3 is 9.15 Å². The van der Waals surface area contributed by atoms with Crippen molar-refractivity contribution in [2.75, 3.05) is 7.11 Å². The van der Waals surface area contributed by atoms with Gasteiger partial charge in [0.25, 0.3) is 0 Å². The highest BCUT2D eigenvalue weighted by molar-refractivity contribution is 6.09. The van der Waals surface area contributed by atoms with Gasteiger partial charge in [-0.3, -0.25) is 4.79 Å². The highest BCUT2D eigenvalue weighted by atomic mass is 16.5. The lowest BCUT2D eigenvalue weighted by atomic mass is 10.0. The van der Waals surface area contributed by atoms with Crippen LogP contribution >= 0.6 is 0 Å². The predicted molar refractivity (Wildman–Crippen MR) is 82.1 cm³/mol. The minimum absolute atomic E-state index is 0.100. The van der Waals surface area contributed by atoms with E-state index in [-0.39, 0.29) is 5.78 Å². The van der Waals surface area contributed by atoms with E-state index < -0.39 is 0 Å². The molecule has 21 heavy (non-hydrogen) atoms. The van der Waals surface area contributed by atoms with Gasteiger partial charge in [-0.05, 0) is 44.2 Å². The first-order valence-corrected chi connectivity index (χ1v) is 6.77. The summed E-state index contributed by atoms with van der Waals surface area (Å²) < 4.78 is 10.8. The van der Waals surface area contributed by atoms with Crippen LogP contribution < -0.4 is 4.74 Å². The summed E-state index contributed by atoms with van der Waals surface area (Å²) in [5.41, 5.74) is 3.44. The van der Waals surface area contributed by atoms with E-state index in [9.17, 15) is 4.79 Å². The molecule has 0 saturated heterocycles. The minimum atomic E-state index is -0.100. The number of furan rings is 1. The Bertz CT molecular complexity index is 807. The zero-order valence-electron chi connectivity index (χ0n) is 12.3. The standard InChI is InChI=1S/C18H16O3/c1-11-6-12(2)8-14(7-11)18(19)17-9-13-4-5-15(20-3)10-16(13)21-17/h4-10H,1-3H3. The number of hydrogen-bond donors (Lipinski definition) is 0. The molecule has 0 N–H and O–H groups in total. The SMILES string of the molecule is COc1ccc2cc(C(=O)c3cc(C)cc(C)c3)oc2c1. The van der Waals surface area contributed by atoms with Gasteiger partial charge in [-0.2, -0.15) is 0 Å². The summed E-state index contributed by atoms with van der Waals surface area (Å²) >= 11 is 0. The molecule has 0 aliphatic carbocycles. The van der Waals surface area contributed by atoms with E-state index >= 15 is 0 Å². The van der Waals surface area contributed by atoms with E-state index in [2.05, 4.69) is 0 Å². The number of carbonyl (C=O) groups excluding carboxylic acids is 1. The quantitative estimate of drug-likeness (QED) is 0.672. The zero-order valence-corrected chi connectivity index (χ0v) is 12.3. The first-order valence-electron chi connectivity index (χ1n) is 6.77. The average Bonchev–Trinajstić information content (AvgIpc) is 2.88. The average molecular weight is 280 g/mol. The largest absolute Gasteiger partial charge is 0.497 e. The van der Waals surface area contributed by atoms with Gasteiger partial charge in [-0.25, -0.2) is 0 Å². The lowest BCUT2D eigenvalue weighted by molar-refractivity contribution is 0.101. The topological polar surface area (TPSA) is 39.4 Å². The molecule has 0 bridgehead atoms. The van der Waals surface area contributed by atoms with Crippen molar-refractivity contribution in [2.24, 2.45) is 0 Å². The van der Waals surface area contributed by atoms with Crippen LogP contribution in [0.2, 0.25) is 0 Å². The van der Waals surface area contributed by atoms with Crippen molar-refractivity contribution in [3.05, 3.63) is 64.9 Å². The van der Waals surface area contributed by atoms with Crippen molar-refractivity contribution in [2.45, 2.75) is 13.8 Å². The Hall–Kier alpha value is -2.55. The maximum absolute atomic E-state index is 12.5. The Morgan fingerprint density at radius 3 is 2.38 bits per heavy atom. The van der Waals surface area contributed by atoms with Gasteiger partial charge in [0.1, 0.15) is 11.3 Å². The summed E-state index contributed by atoms with van der Waals surface area (Å²) in [4.78, 5) is 12.5. The molecular weight excluding hydrogens is 264 g/mol. The normalized spacial score (nSPS) is 10.8. The van der Waals surface area contributed by atoms with Crippen LogP contribution in [0.4, 0.5) is 0 Å². The number of fused-ring (bicyclic) bond motifs is 1. The molecule has 3 rings (SSSR count). The Morgan fingerprint density at radius 1 is 1.00 bits per heavy atom. The van der Waals surface area contributed by atoms with Crippen LogP contribution in [0.3, 0.4) is 0 Å². The third kappa shape index (κ3) is 2.55. The van der Waals surface area contributed by atoms with Gasteiger partial charge >= 0.3 is 0 Å². The van der Waals surface area contributed by atoms with Crippen LogP contribution in [0.1, 0.15) is 27.2 Å². The summed E-state index contributed by atoms with van der Waals surface area (Å²) in [6.07, 6.45) is 0. The summed E-state index contributed by atoms with van der Waals surface area (Å²) in [7, 11) is 1.60. The van der Waals surface area contributed by atoms with Crippen molar-refractivity contribution < 1.29 is 13.9 Å². The summed E-state index contributed by atoms with van der Waals surface area (Å²) in [6, 6.07) is 13.1. The highest BCUT2D eigenvalue weighted by Gasteiger charge is 2.15. The maximum Gasteiger partial charge on any atom is 0.228 e. The zero-order chi connectivity index (χ0) is 15.0. The van der Waals surface area contributed by atoms with Gasteiger partial charge in [0, 0.05) is 17.0 Å². The van der Waals surface area contributed by atoms with E-state index in [0.29, 0.717) is 22.7 Å². The van der Waals surface area contributed by atoms with Crippen molar-refractivity contribution in [3.8, 4) is 5.75 Å². The summed E-state index contributed by atoms with van der Waals surface area (Å²) in [6.45, 7) is 3.96. The maximum atomic E-state index is 12.5. The molecule has 3 heteroatoms. The second-order valence-electron chi connectivity index (χ2n) is 5.22. The van der Waals surface area contributed by atoms with Crippen molar-refractivity contribution in [1.29, 1.82) is 0 Å². The molecule has 1 aromatic heterocycles. The number of rotatable bonds is 3. The van der Waals surface area contributed by atoms with Crippen molar-refractivity contribution in [3.63, 3.8) is 0 Å². The Morgan fingerprint density at radius 2 is 1.71 bits per heavy atom. The number of hydrogen-bond acceptors (Lipinski definition) is 3. The van der Waals surface area contributed by atoms with Crippen LogP contribution in [0.25, 0.3) is 11.0 Å². The molecule has 0 aliphatic rings. The van der Waals surface area contributed by atoms with Crippen LogP contribution in [0.5, 0.6) is 5.75 Å². The summed E-state index contributed by atoms with van der Waals surface area (Å²) in [5.74, 6) is 0.961. The number of benzene rings is 2. The fourth-order valence-electron chi connectivity index (χ4n) is 2.50. The lowest BCUT2D eigenvalue weighted by Gasteiger charge is -2.02. The lowest BCUT2D eigenvalue weighted by Crippen LogP contribution is -2.00. The molecule has 3 aromatic rings. The van der Waals surface area contributed by atoms with Gasteiger partial charge in [-0.15, -0.1) is 0 Å². The molecule has 0 unspecified atom stereocenters. The molecule has 2 aromatic carbocycles. The minimum Gasteiger partial charge on any atom is -0.497 e. The highest BCUT2D eigenvalue weighted by Crippen LogP contribution is 2.26. The predicted octanol–water partition coefficient (Wildman–Crippen LogP) is 4.29. The molecule has 1 heterocycles. The van der Waals surface area contributed by atoms with Crippen LogP contribution in [0, 0.1) is 13.8 Å². The molecule has 0 spiro atoms. The van der Waals surface area contributed by atoms with E-state index in [1.807, 2.05) is 44.2 Å². The summed E-state index contributed by atoms with van der Waals surface area (Å²) in [5, 5.41) is 0.892. The molecule has 0 saturated carbocycles. The molecule has 106 valence electrons. The molecular formula is C18H16O3. The third-order valence-corrected chi connectivity index (χ3v) is 3.43. The van der Waals surface area contributed by atoms with Crippen LogP contribution in [-0.4, -0.2) is 12.9 Å². The van der Waals surface area contributed by atoms with Gasteiger partial charge in [0.2, 0.25) is 5.78 Å². The van der Waals surface area contributed by atoms with E-state index in [1.165, 1.54) is 0 Å². The number of ketones is 1. The molecule has 0 radical (unpaired) electrons. The number of carbonyl (C=O) groups is 1. The number of methoxy groups -OCH3 is 1. The van der Waals surface area contributed by atoms with Crippen LogP contribution in [-0.2, 0) is 0 Å².